The molecule has 0 unspecified atom stereocenters. The molecule has 0 spiro atoms. The fourth-order valence-corrected chi connectivity index (χ4v) is 5.89. The summed E-state index contributed by atoms with van der Waals surface area (Å²) >= 11 is 3.36. The second kappa shape index (κ2) is 12.1. The van der Waals surface area contributed by atoms with Crippen LogP contribution in [0.2, 0.25) is 0 Å². The van der Waals surface area contributed by atoms with Gasteiger partial charge in [0, 0.05) is 22.8 Å². The van der Waals surface area contributed by atoms with Gasteiger partial charge in [-0.15, -0.1) is 5.10 Å². The largest absolute Gasteiger partial charge is 0.394 e. The first-order chi connectivity index (χ1) is 20.1. The number of ether oxygens (including phenoxy) is 2. The average Bonchev–Trinajstić information content (AvgIpc) is 3.46. The van der Waals surface area contributed by atoms with E-state index >= 15 is 0 Å². The zero-order valence-electron chi connectivity index (χ0n) is 22.6. The fraction of sp³-hybridized carbons (Fsp3) is 0.429. The number of halogens is 3. The lowest BCUT2D eigenvalue weighted by Gasteiger charge is -2.47. The van der Waals surface area contributed by atoms with E-state index in [1.54, 1.807) is 12.1 Å². The van der Waals surface area contributed by atoms with E-state index < -0.39 is 66.8 Å². The number of aliphatic hydroxyl groups is 3. The molecule has 222 valence electrons. The Kier molecular flexibility index (Phi) is 8.70. The zero-order chi connectivity index (χ0) is 30.3. The first kappa shape index (κ1) is 30.1. The molecule has 2 heterocycles. The van der Waals surface area contributed by atoms with Crippen LogP contribution in [0.25, 0.3) is 11.3 Å². The number of benzene rings is 2. The van der Waals surface area contributed by atoms with Crippen LogP contribution in [0.4, 0.5) is 14.5 Å². The van der Waals surface area contributed by atoms with Crippen molar-refractivity contribution in [2.45, 2.75) is 62.4 Å². The predicted octanol–water partition coefficient (Wildman–Crippen LogP) is 2.40. The summed E-state index contributed by atoms with van der Waals surface area (Å²) in [5.74, 6) is -2.78. The third-order valence-corrected chi connectivity index (χ3v) is 8.27. The number of hydrogen-bond donors (Lipinski definition) is 3. The Hall–Kier alpha value is -3.32. The van der Waals surface area contributed by atoms with Crippen molar-refractivity contribution in [2.24, 2.45) is 0 Å². The summed E-state index contributed by atoms with van der Waals surface area (Å²) in [4.78, 5) is 15.6. The number of carbonyl (C=O) groups excluding carboxylic acids is 1. The van der Waals surface area contributed by atoms with Crippen LogP contribution in [-0.2, 0) is 14.3 Å². The Morgan fingerprint density at radius 3 is 2.64 bits per heavy atom. The molecule has 5 rings (SSSR count). The topological polar surface area (TPSA) is 154 Å². The first-order valence-corrected chi connectivity index (χ1v) is 13.9. The van der Waals surface area contributed by atoms with Crippen LogP contribution in [0.3, 0.4) is 0 Å². The van der Waals surface area contributed by atoms with Gasteiger partial charge in [-0.1, -0.05) is 27.2 Å². The highest BCUT2D eigenvalue weighted by Crippen LogP contribution is 2.38. The van der Waals surface area contributed by atoms with E-state index in [9.17, 15) is 34.2 Å². The van der Waals surface area contributed by atoms with Gasteiger partial charge in [-0.25, -0.2) is 13.5 Å². The van der Waals surface area contributed by atoms with E-state index in [0.29, 0.717) is 23.0 Å². The van der Waals surface area contributed by atoms with Crippen molar-refractivity contribution in [1.29, 1.82) is 5.26 Å². The summed E-state index contributed by atoms with van der Waals surface area (Å²) in [6.45, 7) is 0.757. The van der Waals surface area contributed by atoms with Gasteiger partial charge in [-0.05, 0) is 49.6 Å². The second-order valence-corrected chi connectivity index (χ2v) is 11.2. The minimum atomic E-state index is -1.45. The average molecular weight is 648 g/mol. The first-order valence-electron chi connectivity index (χ1n) is 13.1. The fourth-order valence-electron chi connectivity index (χ4n) is 5.41. The minimum absolute atomic E-state index is 0.0271. The quantitative estimate of drug-likeness (QED) is 0.351. The van der Waals surface area contributed by atoms with Crippen LogP contribution in [0.15, 0.2) is 41.0 Å². The van der Waals surface area contributed by atoms with Crippen molar-refractivity contribution in [1.82, 2.24) is 15.0 Å². The number of amides is 1. The van der Waals surface area contributed by atoms with Gasteiger partial charge in [0.2, 0.25) is 0 Å². The molecule has 42 heavy (non-hydrogen) atoms. The smallest absolute Gasteiger partial charge is 0.259 e. The lowest BCUT2D eigenvalue weighted by molar-refractivity contribution is -0.211. The van der Waals surface area contributed by atoms with Gasteiger partial charge in [-0.2, -0.15) is 5.26 Å². The van der Waals surface area contributed by atoms with E-state index in [4.69, 9.17) is 9.47 Å². The number of aryl methyl sites for hydroxylation is 1. The number of carbonyl (C=O) groups is 1. The van der Waals surface area contributed by atoms with Crippen molar-refractivity contribution in [2.75, 3.05) is 18.6 Å². The minimum Gasteiger partial charge on any atom is -0.394 e. The summed E-state index contributed by atoms with van der Waals surface area (Å²) in [5, 5.41) is 49.3. The SMILES string of the molecule is CO[C@@H]1[C@@H](n2cc(-c3ccc(C)c(F)c3F)nn2)[C@@H](O)[C@@H](CO)O[C@H]1C(=O)N(c1cc(Br)cc(C#N)c1)[C@H]1CC[C@@H]1O. The van der Waals surface area contributed by atoms with Crippen molar-refractivity contribution in [3.05, 3.63) is 63.8 Å². The molecular weight excluding hydrogens is 620 g/mol. The Morgan fingerprint density at radius 2 is 2.02 bits per heavy atom. The van der Waals surface area contributed by atoms with Crippen molar-refractivity contribution in [3.8, 4) is 17.3 Å². The summed E-state index contributed by atoms with van der Waals surface area (Å²) in [6, 6.07) is 7.73. The number of nitriles is 1. The van der Waals surface area contributed by atoms with Gasteiger partial charge in [0.1, 0.15) is 30.0 Å². The number of rotatable bonds is 7. The molecule has 2 fully saturated rings. The molecule has 0 bridgehead atoms. The number of hydrogen-bond acceptors (Lipinski definition) is 9. The predicted molar refractivity (Wildman–Crippen MR) is 147 cm³/mol. The Labute approximate surface area is 248 Å². The van der Waals surface area contributed by atoms with Gasteiger partial charge in [0.15, 0.2) is 17.7 Å². The molecule has 1 saturated carbocycles. The zero-order valence-corrected chi connectivity index (χ0v) is 24.1. The van der Waals surface area contributed by atoms with Gasteiger partial charge < -0.3 is 29.7 Å². The summed E-state index contributed by atoms with van der Waals surface area (Å²) < 4.78 is 42.3. The van der Waals surface area contributed by atoms with Crippen LogP contribution in [0, 0.1) is 29.9 Å². The normalized spacial score (nSPS) is 27.3. The third-order valence-electron chi connectivity index (χ3n) is 7.81. The molecule has 11 nitrogen and oxygen atoms in total. The van der Waals surface area contributed by atoms with Gasteiger partial charge in [0.25, 0.3) is 5.91 Å². The highest BCUT2D eigenvalue weighted by atomic mass is 79.9. The molecule has 3 aromatic rings. The molecule has 1 aliphatic heterocycles. The summed E-state index contributed by atoms with van der Waals surface area (Å²) in [5.41, 5.74) is 0.537. The van der Waals surface area contributed by atoms with E-state index in [1.807, 2.05) is 6.07 Å². The van der Waals surface area contributed by atoms with Crippen LogP contribution < -0.4 is 4.90 Å². The Balaban J connectivity index is 1.54. The molecule has 14 heteroatoms. The van der Waals surface area contributed by atoms with E-state index in [1.165, 1.54) is 48.0 Å². The number of aliphatic hydroxyl groups excluding tert-OH is 3. The maximum absolute atomic E-state index is 14.7. The lowest BCUT2D eigenvalue weighted by Crippen LogP contribution is -2.64. The maximum Gasteiger partial charge on any atom is 0.259 e. The molecule has 1 aliphatic carbocycles. The number of methoxy groups -OCH3 is 1. The molecule has 0 radical (unpaired) electrons. The lowest BCUT2D eigenvalue weighted by atomic mass is 9.85. The number of aromatic nitrogens is 3. The van der Waals surface area contributed by atoms with Crippen molar-refractivity contribution < 1.29 is 38.4 Å². The maximum atomic E-state index is 14.7. The van der Waals surface area contributed by atoms with Gasteiger partial charge in [0.05, 0.1) is 36.6 Å². The molecule has 1 amide bonds. The second-order valence-electron chi connectivity index (χ2n) is 10.3. The molecule has 3 N–H and O–H groups in total. The van der Waals surface area contributed by atoms with Gasteiger partial charge in [-0.3, -0.25) is 4.79 Å². The van der Waals surface area contributed by atoms with Crippen LogP contribution in [-0.4, -0.2) is 86.5 Å². The van der Waals surface area contributed by atoms with E-state index in [0.717, 1.165) is 0 Å². The highest BCUT2D eigenvalue weighted by molar-refractivity contribution is 9.10. The Morgan fingerprint density at radius 1 is 1.26 bits per heavy atom. The Bertz CT molecular complexity index is 1530. The molecule has 2 aromatic carbocycles. The molecule has 1 saturated heterocycles. The van der Waals surface area contributed by atoms with Gasteiger partial charge >= 0.3 is 0 Å². The number of nitrogens with zero attached hydrogens (tertiary/aromatic N) is 5. The third kappa shape index (κ3) is 5.32. The molecule has 1 aromatic heterocycles. The summed E-state index contributed by atoms with van der Waals surface area (Å²) in [7, 11) is 1.30. The number of anilines is 1. The molecular formula is C28H28BrF2N5O6. The summed E-state index contributed by atoms with van der Waals surface area (Å²) in [6.07, 6.45) is -3.93. The van der Waals surface area contributed by atoms with Crippen LogP contribution in [0.5, 0.6) is 0 Å². The monoisotopic (exact) mass is 647 g/mol. The molecule has 2 aliphatic rings. The van der Waals surface area contributed by atoms with E-state index in [2.05, 4.69) is 26.2 Å². The standard InChI is InChI=1S/C28H28BrF2N5O6/c1-13-3-4-17(23(31)22(13)30)18-11-35(34-33-18)24-25(39)21(12-37)42-27(26(24)41-2)28(40)36(19-5-6-20(19)38)16-8-14(10-32)7-15(29)9-16/h3-4,7-9,11,19-21,24-27,37-39H,5-6,12H2,1-2H3/t19-,20-,21+,24-,25-,26+,27+/m0/s1. The highest BCUT2D eigenvalue weighted by Gasteiger charge is 2.52. The van der Waals surface area contributed by atoms with Crippen LogP contribution >= 0.6 is 15.9 Å². The van der Waals surface area contributed by atoms with Crippen LogP contribution in [0.1, 0.15) is 30.0 Å². The van der Waals surface area contributed by atoms with E-state index in [-0.39, 0.29) is 22.4 Å². The molecule has 7 atom stereocenters. The van der Waals surface area contributed by atoms with Crippen molar-refractivity contribution >= 4 is 27.5 Å². The van der Waals surface area contributed by atoms with Crippen molar-refractivity contribution in [3.63, 3.8) is 0 Å².